The molecule has 0 radical (unpaired) electrons. The quantitative estimate of drug-likeness (QED) is 0.234. The summed E-state index contributed by atoms with van der Waals surface area (Å²) in [5, 5.41) is 40.4. The van der Waals surface area contributed by atoms with Gasteiger partial charge in [0.25, 0.3) is 0 Å². The molecule has 0 saturated carbocycles. The van der Waals surface area contributed by atoms with Crippen molar-refractivity contribution in [1.82, 2.24) is 0 Å². The average Bonchev–Trinajstić information content (AvgIpc) is 2.89. The summed E-state index contributed by atoms with van der Waals surface area (Å²) in [5.74, 6) is 1.76. The normalized spacial score (nSPS) is 12.6. The molecule has 0 saturated heterocycles. The molecule has 6 heteroatoms. The van der Waals surface area contributed by atoms with Crippen molar-refractivity contribution in [1.29, 1.82) is 0 Å². The number of hydrogen-bond donors (Lipinski definition) is 4. The summed E-state index contributed by atoms with van der Waals surface area (Å²) in [4.78, 5) is 0. The molecule has 0 bridgehead atoms. The molecule has 0 heterocycles. The third-order valence-electron chi connectivity index (χ3n) is 6.38. The van der Waals surface area contributed by atoms with Crippen LogP contribution in [0, 0.1) is 0 Å². The van der Waals surface area contributed by atoms with Crippen molar-refractivity contribution in [3.63, 3.8) is 0 Å². The fraction of sp³-hybridized carbons (Fsp3) is 0.226. The zero-order valence-corrected chi connectivity index (χ0v) is 21.0. The summed E-state index contributed by atoms with van der Waals surface area (Å²) in [6.45, 7) is 0. The Bertz CT molecular complexity index is 1210. The van der Waals surface area contributed by atoms with E-state index in [0.717, 1.165) is 33.4 Å². The van der Waals surface area contributed by atoms with Gasteiger partial charge in [-0.15, -0.1) is 0 Å². The van der Waals surface area contributed by atoms with E-state index in [2.05, 4.69) is 0 Å². The van der Waals surface area contributed by atoms with Gasteiger partial charge in [0.15, 0.2) is 0 Å². The van der Waals surface area contributed by atoms with E-state index < -0.39 is 12.2 Å². The van der Waals surface area contributed by atoms with Crippen molar-refractivity contribution in [2.75, 3.05) is 14.2 Å². The molecule has 4 aromatic carbocycles. The second-order valence-corrected chi connectivity index (χ2v) is 9.11. The minimum absolute atomic E-state index is 0.202. The van der Waals surface area contributed by atoms with Gasteiger partial charge in [0.05, 0.1) is 26.4 Å². The topological polar surface area (TPSA) is 99.4 Å². The smallest absolute Gasteiger partial charge is 0.126 e. The molecule has 6 nitrogen and oxygen atoms in total. The van der Waals surface area contributed by atoms with Crippen LogP contribution in [0.5, 0.6) is 23.0 Å². The van der Waals surface area contributed by atoms with Crippen LogP contribution in [0.1, 0.15) is 17.5 Å². The number of benzene rings is 4. The molecule has 4 rings (SSSR count). The lowest BCUT2D eigenvalue weighted by Crippen LogP contribution is -2.21. The summed E-state index contributed by atoms with van der Waals surface area (Å²) in [5.41, 5.74) is 5.43. The molecule has 0 spiro atoms. The largest absolute Gasteiger partial charge is 0.508 e. The Balaban J connectivity index is 1.39. The van der Waals surface area contributed by atoms with E-state index in [1.807, 2.05) is 60.7 Å². The van der Waals surface area contributed by atoms with Crippen molar-refractivity contribution in [2.45, 2.75) is 31.5 Å². The lowest BCUT2D eigenvalue weighted by atomic mass is 9.95. The number of rotatable bonds is 10. The number of ether oxygens (including phenoxy) is 2. The SMILES string of the molecule is COc1cc(CC(O)CC(O)Cc2ccc(-c3ccc(O)cc3)c(OC)c2)ccc1-c1ccc(O)cc1. The number of aromatic hydroxyl groups is 2. The van der Waals surface area contributed by atoms with Crippen LogP contribution in [0.25, 0.3) is 22.3 Å². The van der Waals surface area contributed by atoms with E-state index in [1.165, 1.54) is 0 Å². The molecule has 0 aliphatic heterocycles. The zero-order chi connectivity index (χ0) is 26.4. The van der Waals surface area contributed by atoms with Crippen molar-refractivity contribution < 1.29 is 29.9 Å². The van der Waals surface area contributed by atoms with Crippen LogP contribution in [0.4, 0.5) is 0 Å². The Morgan fingerprint density at radius 1 is 0.568 bits per heavy atom. The van der Waals surface area contributed by atoms with Crippen molar-refractivity contribution in [3.8, 4) is 45.3 Å². The van der Waals surface area contributed by atoms with Gasteiger partial charge < -0.3 is 29.9 Å². The van der Waals surface area contributed by atoms with E-state index in [1.54, 1.807) is 38.5 Å². The zero-order valence-electron chi connectivity index (χ0n) is 21.0. The maximum Gasteiger partial charge on any atom is 0.126 e. The van der Waals surface area contributed by atoms with Crippen LogP contribution in [0.15, 0.2) is 84.9 Å². The van der Waals surface area contributed by atoms with Gasteiger partial charge in [0.2, 0.25) is 0 Å². The van der Waals surface area contributed by atoms with E-state index >= 15 is 0 Å². The van der Waals surface area contributed by atoms with Crippen LogP contribution < -0.4 is 9.47 Å². The Kier molecular flexibility index (Phi) is 8.33. The van der Waals surface area contributed by atoms with Gasteiger partial charge >= 0.3 is 0 Å². The van der Waals surface area contributed by atoms with Gasteiger partial charge in [-0.1, -0.05) is 48.5 Å². The van der Waals surface area contributed by atoms with E-state index in [-0.39, 0.29) is 17.9 Å². The van der Waals surface area contributed by atoms with Gasteiger partial charge in [0.1, 0.15) is 23.0 Å². The van der Waals surface area contributed by atoms with Gasteiger partial charge in [-0.05, 0) is 77.9 Å². The predicted octanol–water partition coefficient (Wildman–Crippen LogP) is 5.35. The molecule has 0 fully saturated rings. The van der Waals surface area contributed by atoms with Crippen molar-refractivity contribution in [3.05, 3.63) is 96.1 Å². The molecule has 37 heavy (non-hydrogen) atoms. The molecule has 2 atom stereocenters. The number of phenolic OH excluding ortho intramolecular Hbond substituents is 2. The number of aliphatic hydroxyl groups is 2. The monoisotopic (exact) mass is 500 g/mol. The first-order chi connectivity index (χ1) is 17.9. The Morgan fingerprint density at radius 2 is 0.946 bits per heavy atom. The Morgan fingerprint density at radius 3 is 1.30 bits per heavy atom. The second-order valence-electron chi connectivity index (χ2n) is 9.11. The average molecular weight is 501 g/mol. The van der Waals surface area contributed by atoms with Gasteiger partial charge in [0, 0.05) is 11.1 Å². The minimum atomic E-state index is -0.725. The molecule has 4 N–H and O–H groups in total. The van der Waals surface area contributed by atoms with Crippen LogP contribution in [-0.4, -0.2) is 46.9 Å². The maximum absolute atomic E-state index is 10.7. The lowest BCUT2D eigenvalue weighted by molar-refractivity contribution is 0.0810. The van der Waals surface area contributed by atoms with Crippen LogP contribution in [-0.2, 0) is 12.8 Å². The summed E-state index contributed by atoms with van der Waals surface area (Å²) >= 11 is 0. The van der Waals surface area contributed by atoms with Crippen LogP contribution in [0.2, 0.25) is 0 Å². The van der Waals surface area contributed by atoms with Gasteiger partial charge in [-0.25, -0.2) is 0 Å². The maximum atomic E-state index is 10.7. The molecule has 2 unspecified atom stereocenters. The highest BCUT2D eigenvalue weighted by Crippen LogP contribution is 2.33. The molecule has 0 amide bonds. The third kappa shape index (κ3) is 6.61. The Labute approximate surface area is 217 Å². The van der Waals surface area contributed by atoms with E-state index in [4.69, 9.17) is 9.47 Å². The highest BCUT2D eigenvalue weighted by molar-refractivity contribution is 5.72. The van der Waals surface area contributed by atoms with Crippen molar-refractivity contribution in [2.24, 2.45) is 0 Å². The molecular formula is C31H32O6. The summed E-state index contributed by atoms with van der Waals surface area (Å²) < 4.78 is 11.1. The predicted molar refractivity (Wildman–Crippen MR) is 144 cm³/mol. The standard InChI is InChI=1S/C31H32O6/c1-36-30-17-20(3-13-28(30)22-5-9-24(32)10-6-22)15-26(34)19-27(35)16-21-4-14-29(31(18-21)37-2)23-7-11-25(33)12-8-23/h3-14,17-18,26-27,32-35H,15-16,19H2,1-2H3. The van der Waals surface area contributed by atoms with E-state index in [9.17, 15) is 20.4 Å². The number of aliphatic hydroxyl groups excluding tert-OH is 2. The van der Waals surface area contributed by atoms with Crippen LogP contribution >= 0.6 is 0 Å². The van der Waals surface area contributed by atoms with E-state index in [0.29, 0.717) is 24.3 Å². The van der Waals surface area contributed by atoms with Gasteiger partial charge in [-0.3, -0.25) is 0 Å². The minimum Gasteiger partial charge on any atom is -0.508 e. The van der Waals surface area contributed by atoms with Crippen LogP contribution in [0.3, 0.4) is 0 Å². The third-order valence-corrected chi connectivity index (χ3v) is 6.38. The number of hydrogen-bond acceptors (Lipinski definition) is 6. The summed E-state index contributed by atoms with van der Waals surface area (Å²) in [6, 6.07) is 25.3. The molecular weight excluding hydrogens is 468 g/mol. The summed E-state index contributed by atoms with van der Waals surface area (Å²) in [7, 11) is 3.20. The lowest BCUT2D eigenvalue weighted by Gasteiger charge is -2.18. The number of phenols is 2. The first-order valence-corrected chi connectivity index (χ1v) is 12.1. The fourth-order valence-electron chi connectivity index (χ4n) is 4.51. The first kappa shape index (κ1) is 26.1. The molecule has 0 aliphatic rings. The second kappa shape index (κ2) is 11.8. The van der Waals surface area contributed by atoms with Gasteiger partial charge in [-0.2, -0.15) is 0 Å². The molecule has 0 aliphatic carbocycles. The summed E-state index contributed by atoms with van der Waals surface area (Å²) in [6.07, 6.45) is -0.460. The van der Waals surface area contributed by atoms with Crippen molar-refractivity contribution >= 4 is 0 Å². The first-order valence-electron chi connectivity index (χ1n) is 12.1. The fourth-order valence-corrected chi connectivity index (χ4v) is 4.51. The molecule has 0 aromatic heterocycles. The highest BCUT2D eigenvalue weighted by atomic mass is 16.5. The Hall–Kier alpha value is -4.00. The molecule has 4 aromatic rings. The molecule has 192 valence electrons. The number of methoxy groups -OCH3 is 2. The highest BCUT2D eigenvalue weighted by Gasteiger charge is 2.16.